The molecule has 2 heterocycles. The van der Waals surface area contributed by atoms with Gasteiger partial charge in [0.2, 0.25) is 0 Å². The van der Waals surface area contributed by atoms with Crippen molar-refractivity contribution in [1.82, 2.24) is 9.38 Å². The molecule has 1 N–H and O–H groups in total. The maximum absolute atomic E-state index is 12.7. The predicted molar refractivity (Wildman–Crippen MR) is 107 cm³/mol. The molecule has 130 valence electrons. The summed E-state index contributed by atoms with van der Waals surface area (Å²) in [6, 6.07) is 16.0. The topological polar surface area (TPSA) is 46.4 Å². The van der Waals surface area contributed by atoms with Gasteiger partial charge in [-0.1, -0.05) is 47.7 Å². The fourth-order valence-corrected chi connectivity index (χ4v) is 3.92. The largest absolute Gasteiger partial charge is 0.321 e. The van der Waals surface area contributed by atoms with E-state index in [0.29, 0.717) is 4.88 Å². The molecule has 0 radical (unpaired) electrons. The van der Waals surface area contributed by atoms with Crippen molar-refractivity contribution in [2.45, 2.75) is 20.8 Å². The Labute approximate surface area is 156 Å². The summed E-state index contributed by atoms with van der Waals surface area (Å²) in [5.41, 5.74) is 6.08. The van der Waals surface area contributed by atoms with Gasteiger partial charge < -0.3 is 5.32 Å². The Hall–Kier alpha value is -2.92. The number of anilines is 1. The molecule has 2 aromatic carbocycles. The number of aryl methyl sites for hydroxylation is 3. The first-order valence-electron chi connectivity index (χ1n) is 8.45. The maximum atomic E-state index is 12.7. The van der Waals surface area contributed by atoms with Crippen molar-refractivity contribution >= 4 is 27.9 Å². The van der Waals surface area contributed by atoms with Gasteiger partial charge in [0.25, 0.3) is 5.91 Å². The van der Waals surface area contributed by atoms with E-state index in [0.717, 1.165) is 33.2 Å². The number of carbonyl (C=O) groups excluding carboxylic acids is 1. The lowest BCUT2D eigenvalue weighted by atomic mass is 10.1. The van der Waals surface area contributed by atoms with Gasteiger partial charge in [-0.3, -0.25) is 9.20 Å². The number of fused-ring (bicyclic) bond motifs is 1. The molecular weight excluding hydrogens is 342 g/mol. The van der Waals surface area contributed by atoms with Gasteiger partial charge in [0.05, 0.1) is 5.69 Å². The zero-order valence-electron chi connectivity index (χ0n) is 14.9. The lowest BCUT2D eigenvalue weighted by molar-refractivity contribution is 0.102. The smallest absolute Gasteiger partial charge is 0.267 e. The second-order valence-corrected chi connectivity index (χ2v) is 7.39. The highest BCUT2D eigenvalue weighted by atomic mass is 32.1. The highest BCUT2D eigenvalue weighted by Gasteiger charge is 2.18. The van der Waals surface area contributed by atoms with E-state index in [1.165, 1.54) is 16.9 Å². The molecule has 0 aliphatic rings. The lowest BCUT2D eigenvalue weighted by Crippen LogP contribution is -2.12. The molecule has 2 aromatic heterocycles. The van der Waals surface area contributed by atoms with Crippen molar-refractivity contribution in [2.24, 2.45) is 0 Å². The quantitative estimate of drug-likeness (QED) is 0.542. The van der Waals surface area contributed by atoms with Gasteiger partial charge >= 0.3 is 0 Å². The second kappa shape index (κ2) is 6.42. The van der Waals surface area contributed by atoms with Crippen LogP contribution in [-0.4, -0.2) is 15.3 Å². The number of nitrogens with zero attached hydrogens (tertiary/aromatic N) is 2. The number of rotatable bonds is 3. The van der Waals surface area contributed by atoms with Gasteiger partial charge in [-0.15, -0.1) is 0 Å². The molecule has 0 unspecified atom stereocenters. The average molecular weight is 361 g/mol. The second-order valence-electron chi connectivity index (χ2n) is 6.41. The summed E-state index contributed by atoms with van der Waals surface area (Å²) < 4.78 is 1.99. The molecule has 0 saturated heterocycles. The minimum atomic E-state index is -0.0949. The third-order valence-electron chi connectivity index (χ3n) is 4.60. The van der Waals surface area contributed by atoms with Crippen LogP contribution in [0.4, 0.5) is 5.69 Å². The van der Waals surface area contributed by atoms with Crippen LogP contribution >= 0.6 is 11.3 Å². The molecule has 0 aliphatic carbocycles. The molecule has 4 aromatic rings. The zero-order valence-corrected chi connectivity index (χ0v) is 15.7. The first-order valence-corrected chi connectivity index (χ1v) is 9.27. The van der Waals surface area contributed by atoms with Crippen LogP contribution < -0.4 is 5.32 Å². The Kier molecular flexibility index (Phi) is 4.09. The van der Waals surface area contributed by atoms with E-state index in [1.807, 2.05) is 73.0 Å². The van der Waals surface area contributed by atoms with Crippen LogP contribution in [0.1, 0.15) is 26.5 Å². The minimum Gasteiger partial charge on any atom is -0.321 e. The highest BCUT2D eigenvalue weighted by molar-refractivity contribution is 7.19. The molecule has 0 bridgehead atoms. The summed E-state index contributed by atoms with van der Waals surface area (Å²) in [7, 11) is 0. The monoisotopic (exact) mass is 361 g/mol. The van der Waals surface area contributed by atoms with Crippen LogP contribution in [0.2, 0.25) is 0 Å². The number of aromatic nitrogens is 2. The number of hydrogen-bond acceptors (Lipinski definition) is 3. The maximum Gasteiger partial charge on any atom is 0.267 e. The van der Waals surface area contributed by atoms with Crippen LogP contribution in [-0.2, 0) is 0 Å². The summed E-state index contributed by atoms with van der Waals surface area (Å²) in [6.45, 7) is 6.06. The highest BCUT2D eigenvalue weighted by Crippen LogP contribution is 2.28. The minimum absolute atomic E-state index is 0.0949. The SMILES string of the molecule is Cc1ccc(NC(=O)c2sc3nc(-c4ccccc4)cn3c2C)cc1C. The fraction of sp³-hybridized carbons (Fsp3) is 0.143. The lowest BCUT2D eigenvalue weighted by Gasteiger charge is -2.07. The summed E-state index contributed by atoms with van der Waals surface area (Å²) >= 11 is 1.41. The van der Waals surface area contributed by atoms with Gasteiger partial charge in [0.1, 0.15) is 4.88 Å². The Morgan fingerprint density at radius 3 is 2.50 bits per heavy atom. The van der Waals surface area contributed by atoms with Crippen molar-refractivity contribution in [3.8, 4) is 11.3 Å². The predicted octanol–water partition coefficient (Wildman–Crippen LogP) is 5.24. The third kappa shape index (κ3) is 2.91. The number of hydrogen-bond donors (Lipinski definition) is 1. The van der Waals surface area contributed by atoms with Gasteiger partial charge in [-0.2, -0.15) is 0 Å². The molecule has 0 fully saturated rings. The standard InChI is InChI=1S/C21H19N3OS/c1-13-9-10-17(11-14(13)2)22-20(25)19-15(3)24-12-18(23-21(24)26-19)16-7-5-4-6-8-16/h4-12H,1-3H3,(H,22,25). The van der Waals surface area contributed by atoms with E-state index in [2.05, 4.69) is 17.2 Å². The van der Waals surface area contributed by atoms with Crippen molar-refractivity contribution in [3.63, 3.8) is 0 Å². The molecule has 0 atom stereocenters. The van der Waals surface area contributed by atoms with Crippen LogP contribution in [0.25, 0.3) is 16.2 Å². The Bertz CT molecular complexity index is 1110. The van der Waals surface area contributed by atoms with Gasteiger partial charge in [-0.25, -0.2) is 4.98 Å². The number of imidazole rings is 1. The van der Waals surface area contributed by atoms with E-state index in [9.17, 15) is 4.79 Å². The summed E-state index contributed by atoms with van der Waals surface area (Å²) in [4.78, 5) is 18.9. The van der Waals surface area contributed by atoms with Crippen molar-refractivity contribution in [3.05, 3.63) is 76.4 Å². The van der Waals surface area contributed by atoms with Crippen molar-refractivity contribution in [1.29, 1.82) is 0 Å². The molecule has 5 heteroatoms. The fourth-order valence-electron chi connectivity index (χ4n) is 2.92. The third-order valence-corrected chi connectivity index (χ3v) is 5.75. The van der Waals surface area contributed by atoms with Gasteiger partial charge in [-0.05, 0) is 44.0 Å². The molecule has 26 heavy (non-hydrogen) atoms. The van der Waals surface area contributed by atoms with Crippen LogP contribution in [0.5, 0.6) is 0 Å². The van der Waals surface area contributed by atoms with E-state index in [-0.39, 0.29) is 5.91 Å². The number of nitrogens with one attached hydrogen (secondary N) is 1. The van der Waals surface area contributed by atoms with Crippen LogP contribution in [0.3, 0.4) is 0 Å². The van der Waals surface area contributed by atoms with E-state index >= 15 is 0 Å². The molecular formula is C21H19N3OS. The summed E-state index contributed by atoms with van der Waals surface area (Å²) in [5.74, 6) is -0.0949. The molecule has 0 saturated carbocycles. The van der Waals surface area contributed by atoms with E-state index in [1.54, 1.807) is 0 Å². The molecule has 0 aliphatic heterocycles. The summed E-state index contributed by atoms with van der Waals surface area (Å²) in [6.07, 6.45) is 1.99. The van der Waals surface area contributed by atoms with E-state index < -0.39 is 0 Å². The van der Waals surface area contributed by atoms with Crippen LogP contribution in [0.15, 0.2) is 54.7 Å². The Morgan fingerprint density at radius 1 is 1.04 bits per heavy atom. The molecule has 0 spiro atoms. The molecule has 1 amide bonds. The zero-order chi connectivity index (χ0) is 18.3. The van der Waals surface area contributed by atoms with Crippen molar-refractivity contribution < 1.29 is 4.79 Å². The number of thiazole rings is 1. The van der Waals surface area contributed by atoms with E-state index in [4.69, 9.17) is 0 Å². The molecule has 4 rings (SSSR count). The first-order chi connectivity index (χ1) is 12.5. The summed E-state index contributed by atoms with van der Waals surface area (Å²) in [5, 5.41) is 2.99. The van der Waals surface area contributed by atoms with Gasteiger partial charge in [0, 0.05) is 23.1 Å². The van der Waals surface area contributed by atoms with Crippen LogP contribution in [0, 0.1) is 20.8 Å². The number of amides is 1. The number of benzene rings is 2. The average Bonchev–Trinajstić information content (AvgIpc) is 3.19. The van der Waals surface area contributed by atoms with Crippen molar-refractivity contribution in [2.75, 3.05) is 5.32 Å². The molecule has 4 nitrogen and oxygen atoms in total. The normalized spacial score (nSPS) is 11.0. The Balaban J connectivity index is 1.64. The van der Waals surface area contributed by atoms with Gasteiger partial charge in [0.15, 0.2) is 4.96 Å². The first kappa shape index (κ1) is 16.5. The Morgan fingerprint density at radius 2 is 1.81 bits per heavy atom. The number of carbonyl (C=O) groups is 1.